The monoisotopic (exact) mass is 425 g/mol. The maximum Gasteiger partial charge on any atom is 0.407 e. The van der Waals surface area contributed by atoms with Crippen LogP contribution in [-0.4, -0.2) is 43.0 Å². The van der Waals surface area contributed by atoms with E-state index in [0.717, 1.165) is 22.3 Å². The summed E-state index contributed by atoms with van der Waals surface area (Å²) in [5, 5.41) is 15.9. The fourth-order valence-corrected chi connectivity index (χ4v) is 3.48. The second-order valence-electron chi connectivity index (χ2n) is 8.22. The Morgan fingerprint density at radius 3 is 2.03 bits per heavy atom. The van der Waals surface area contributed by atoms with Crippen molar-refractivity contribution >= 4 is 18.2 Å². The SMILES string of the molecule is CC(C)(C)OC(=O)NC[C@H](NC(=O)OCC1c2ccccc2-c2ccccc21)C(=O)[O-]. The van der Waals surface area contributed by atoms with E-state index >= 15 is 0 Å². The predicted molar refractivity (Wildman–Crippen MR) is 111 cm³/mol. The lowest BCUT2D eigenvalue weighted by Gasteiger charge is -2.23. The number of fused-ring (bicyclic) bond motifs is 3. The normalized spacial score (nSPS) is 13.5. The van der Waals surface area contributed by atoms with Gasteiger partial charge in [-0.25, -0.2) is 9.59 Å². The molecule has 2 amide bonds. The molecule has 0 aromatic heterocycles. The molecule has 1 aliphatic rings. The molecule has 0 aliphatic heterocycles. The van der Waals surface area contributed by atoms with Gasteiger partial charge in [0.1, 0.15) is 12.2 Å². The first-order chi connectivity index (χ1) is 14.7. The number of hydrogen-bond donors (Lipinski definition) is 2. The Labute approximate surface area is 180 Å². The number of ether oxygens (including phenoxy) is 2. The zero-order valence-corrected chi connectivity index (χ0v) is 17.6. The molecule has 0 spiro atoms. The molecule has 2 aromatic rings. The molecular formula is C23H25N2O6-. The molecule has 0 heterocycles. The average Bonchev–Trinajstić information content (AvgIpc) is 3.02. The maximum absolute atomic E-state index is 12.2. The highest BCUT2D eigenvalue weighted by atomic mass is 16.6. The van der Waals surface area contributed by atoms with Crippen LogP contribution in [0.5, 0.6) is 0 Å². The number of amides is 2. The highest BCUT2D eigenvalue weighted by Gasteiger charge is 2.29. The van der Waals surface area contributed by atoms with E-state index in [2.05, 4.69) is 10.6 Å². The number of carboxylic acid groups (broad SMARTS) is 1. The van der Waals surface area contributed by atoms with Gasteiger partial charge in [0.15, 0.2) is 0 Å². The number of benzene rings is 2. The second-order valence-corrected chi connectivity index (χ2v) is 8.22. The van der Waals surface area contributed by atoms with Crippen molar-refractivity contribution in [2.45, 2.75) is 38.3 Å². The van der Waals surface area contributed by atoms with Crippen LogP contribution in [0, 0.1) is 0 Å². The van der Waals surface area contributed by atoms with E-state index in [-0.39, 0.29) is 12.5 Å². The van der Waals surface area contributed by atoms with Gasteiger partial charge < -0.3 is 30.0 Å². The van der Waals surface area contributed by atoms with Crippen molar-refractivity contribution in [1.82, 2.24) is 10.6 Å². The van der Waals surface area contributed by atoms with Gasteiger partial charge in [0.2, 0.25) is 0 Å². The molecule has 0 unspecified atom stereocenters. The quantitative estimate of drug-likeness (QED) is 0.733. The van der Waals surface area contributed by atoms with Crippen molar-refractivity contribution in [3.8, 4) is 11.1 Å². The van der Waals surface area contributed by atoms with Gasteiger partial charge >= 0.3 is 12.2 Å². The van der Waals surface area contributed by atoms with Crippen LogP contribution in [0.3, 0.4) is 0 Å². The minimum Gasteiger partial charge on any atom is -0.548 e. The first kappa shape index (κ1) is 22.1. The van der Waals surface area contributed by atoms with Crippen molar-refractivity contribution in [2.75, 3.05) is 13.2 Å². The third kappa shape index (κ3) is 5.53. The minimum atomic E-state index is -1.55. The van der Waals surface area contributed by atoms with Crippen LogP contribution in [-0.2, 0) is 14.3 Å². The Kier molecular flexibility index (Phi) is 6.48. The highest BCUT2D eigenvalue weighted by molar-refractivity contribution is 5.81. The number of carboxylic acids is 1. The predicted octanol–water partition coefficient (Wildman–Crippen LogP) is 2.17. The van der Waals surface area contributed by atoms with Gasteiger partial charge in [-0.15, -0.1) is 0 Å². The number of aliphatic carboxylic acids is 1. The third-order valence-electron chi connectivity index (χ3n) is 4.77. The van der Waals surface area contributed by atoms with E-state index in [4.69, 9.17) is 9.47 Å². The summed E-state index contributed by atoms with van der Waals surface area (Å²) in [4.78, 5) is 35.3. The molecule has 2 N–H and O–H groups in total. The Hall–Kier alpha value is -3.55. The summed E-state index contributed by atoms with van der Waals surface area (Å²) in [6.45, 7) is 4.67. The van der Waals surface area contributed by atoms with E-state index in [0.29, 0.717) is 0 Å². The topological polar surface area (TPSA) is 117 Å². The molecule has 1 aliphatic carbocycles. The van der Waals surface area contributed by atoms with Crippen LogP contribution in [0.15, 0.2) is 48.5 Å². The zero-order chi connectivity index (χ0) is 22.6. The second kappa shape index (κ2) is 9.07. The van der Waals surface area contributed by atoms with Crippen LogP contribution < -0.4 is 15.7 Å². The van der Waals surface area contributed by atoms with Crippen molar-refractivity contribution in [1.29, 1.82) is 0 Å². The molecular weight excluding hydrogens is 400 g/mol. The summed E-state index contributed by atoms with van der Waals surface area (Å²) < 4.78 is 10.4. The standard InChI is InChI=1S/C23H26N2O6/c1-23(2,3)31-21(28)24-12-19(20(26)27)25-22(29)30-13-18-16-10-6-4-8-14(16)15-9-5-7-11-17(15)18/h4-11,18-19H,12-13H2,1-3H3,(H,24,28)(H,25,29)(H,26,27)/p-1/t19-/m0/s1. The Bertz CT molecular complexity index is 937. The lowest BCUT2D eigenvalue weighted by atomic mass is 9.98. The molecule has 3 rings (SSSR count). The fraction of sp³-hybridized carbons (Fsp3) is 0.348. The summed E-state index contributed by atoms with van der Waals surface area (Å²) in [7, 11) is 0. The van der Waals surface area contributed by atoms with Crippen LogP contribution in [0.2, 0.25) is 0 Å². The van der Waals surface area contributed by atoms with Gasteiger partial charge in [0.25, 0.3) is 0 Å². The number of rotatable bonds is 6. The molecule has 0 radical (unpaired) electrons. The molecule has 0 saturated carbocycles. The Morgan fingerprint density at radius 1 is 0.968 bits per heavy atom. The average molecular weight is 425 g/mol. The summed E-state index contributed by atoms with van der Waals surface area (Å²) >= 11 is 0. The van der Waals surface area contributed by atoms with Crippen LogP contribution in [0.1, 0.15) is 37.8 Å². The van der Waals surface area contributed by atoms with Crippen molar-refractivity contribution in [2.24, 2.45) is 0 Å². The molecule has 2 aromatic carbocycles. The third-order valence-corrected chi connectivity index (χ3v) is 4.77. The lowest BCUT2D eigenvalue weighted by Crippen LogP contribution is -2.54. The van der Waals surface area contributed by atoms with Gasteiger partial charge in [-0.3, -0.25) is 0 Å². The molecule has 0 saturated heterocycles. The summed E-state index contributed by atoms with van der Waals surface area (Å²) in [5.41, 5.74) is 3.52. The number of alkyl carbamates (subject to hydrolysis) is 2. The molecule has 164 valence electrons. The summed E-state index contributed by atoms with van der Waals surface area (Å²) in [6.07, 6.45) is -1.71. The van der Waals surface area contributed by atoms with E-state index < -0.39 is 36.3 Å². The van der Waals surface area contributed by atoms with Crippen LogP contribution in [0.25, 0.3) is 11.1 Å². The Morgan fingerprint density at radius 2 is 1.52 bits per heavy atom. The largest absolute Gasteiger partial charge is 0.548 e. The van der Waals surface area contributed by atoms with Crippen molar-refractivity contribution in [3.63, 3.8) is 0 Å². The summed E-state index contributed by atoms with van der Waals surface area (Å²) in [6, 6.07) is 14.3. The van der Waals surface area contributed by atoms with Crippen molar-refractivity contribution < 1.29 is 29.0 Å². The van der Waals surface area contributed by atoms with E-state index in [9.17, 15) is 19.5 Å². The smallest absolute Gasteiger partial charge is 0.407 e. The molecule has 8 heteroatoms. The van der Waals surface area contributed by atoms with Gasteiger partial charge in [-0.05, 0) is 43.0 Å². The van der Waals surface area contributed by atoms with E-state index in [1.165, 1.54) is 0 Å². The van der Waals surface area contributed by atoms with Gasteiger partial charge in [0, 0.05) is 12.5 Å². The molecule has 8 nitrogen and oxygen atoms in total. The summed E-state index contributed by atoms with van der Waals surface area (Å²) in [5.74, 6) is -1.70. The molecule has 0 fully saturated rings. The first-order valence-corrected chi connectivity index (χ1v) is 9.95. The van der Waals surface area contributed by atoms with E-state index in [1.807, 2.05) is 48.5 Å². The number of carbonyl (C=O) groups is 3. The van der Waals surface area contributed by atoms with Gasteiger partial charge in [0.05, 0.1) is 12.0 Å². The minimum absolute atomic E-state index is 0.0408. The fourth-order valence-electron chi connectivity index (χ4n) is 3.48. The van der Waals surface area contributed by atoms with Gasteiger partial charge in [-0.1, -0.05) is 48.5 Å². The number of nitrogens with one attached hydrogen (secondary N) is 2. The molecule has 0 bridgehead atoms. The first-order valence-electron chi connectivity index (χ1n) is 9.95. The highest BCUT2D eigenvalue weighted by Crippen LogP contribution is 2.44. The maximum atomic E-state index is 12.2. The van der Waals surface area contributed by atoms with Crippen LogP contribution in [0.4, 0.5) is 9.59 Å². The van der Waals surface area contributed by atoms with Gasteiger partial charge in [-0.2, -0.15) is 0 Å². The van der Waals surface area contributed by atoms with Crippen molar-refractivity contribution in [3.05, 3.63) is 59.7 Å². The van der Waals surface area contributed by atoms with E-state index in [1.54, 1.807) is 20.8 Å². The zero-order valence-electron chi connectivity index (χ0n) is 17.6. The number of hydrogen-bond acceptors (Lipinski definition) is 6. The lowest BCUT2D eigenvalue weighted by molar-refractivity contribution is -0.308. The number of carbonyl (C=O) groups excluding carboxylic acids is 3. The Balaban J connectivity index is 1.59. The molecule has 31 heavy (non-hydrogen) atoms. The van der Waals surface area contributed by atoms with Crippen LogP contribution >= 0.6 is 0 Å². The molecule has 1 atom stereocenters.